The van der Waals surface area contributed by atoms with Gasteiger partial charge in [-0.05, 0) is 37.7 Å². The van der Waals surface area contributed by atoms with Gasteiger partial charge in [-0.2, -0.15) is 0 Å². The lowest BCUT2D eigenvalue weighted by Crippen LogP contribution is -2.11. The molecular formula is C11H14F3NO. The molecule has 90 valence electrons. The van der Waals surface area contributed by atoms with Crippen molar-refractivity contribution in [1.82, 2.24) is 5.32 Å². The van der Waals surface area contributed by atoms with Crippen LogP contribution in [-0.2, 0) is 6.42 Å². The van der Waals surface area contributed by atoms with Crippen LogP contribution in [0.2, 0.25) is 0 Å². The molecule has 1 aromatic carbocycles. The summed E-state index contributed by atoms with van der Waals surface area (Å²) in [5.41, 5.74) is 0.136. The number of likely N-dealkylation sites (N-methyl/N-ethyl adjacent to an activating group) is 1. The molecule has 1 N–H and O–H groups in total. The van der Waals surface area contributed by atoms with Gasteiger partial charge in [-0.1, -0.05) is 0 Å². The quantitative estimate of drug-likeness (QED) is 0.843. The van der Waals surface area contributed by atoms with Crippen LogP contribution in [-0.4, -0.2) is 20.7 Å². The average Bonchev–Trinajstić information content (AvgIpc) is 2.25. The molecule has 2 nitrogen and oxygen atoms in total. The molecule has 0 aromatic heterocycles. The Hall–Kier alpha value is -1.23. The van der Waals surface area contributed by atoms with Crippen molar-refractivity contribution < 1.29 is 17.9 Å². The van der Waals surface area contributed by atoms with E-state index in [0.717, 1.165) is 6.07 Å². The smallest absolute Gasteiger partial charge is 0.263 e. The Bertz CT molecular complexity index is 355. The first-order valence-corrected chi connectivity index (χ1v) is 4.89. The van der Waals surface area contributed by atoms with E-state index in [-0.39, 0.29) is 11.3 Å². The average molecular weight is 233 g/mol. The maximum absolute atomic E-state index is 13.4. The van der Waals surface area contributed by atoms with Crippen LogP contribution in [0.5, 0.6) is 5.75 Å². The van der Waals surface area contributed by atoms with Gasteiger partial charge in [-0.3, -0.25) is 0 Å². The first-order valence-electron chi connectivity index (χ1n) is 4.89. The zero-order chi connectivity index (χ0) is 12.1. The van der Waals surface area contributed by atoms with E-state index in [2.05, 4.69) is 5.32 Å². The van der Waals surface area contributed by atoms with Crippen molar-refractivity contribution >= 4 is 0 Å². The third-order valence-electron chi connectivity index (χ3n) is 2.24. The highest BCUT2D eigenvalue weighted by atomic mass is 19.3. The fraction of sp³-hybridized carbons (Fsp3) is 0.455. The van der Waals surface area contributed by atoms with Crippen LogP contribution in [0.4, 0.5) is 13.2 Å². The molecule has 0 radical (unpaired) electrons. The monoisotopic (exact) mass is 233 g/mol. The number of alkyl halides is 2. The molecule has 5 heteroatoms. The molecule has 0 saturated carbocycles. The second-order valence-electron chi connectivity index (χ2n) is 3.35. The number of halogens is 3. The van der Waals surface area contributed by atoms with Gasteiger partial charge in [0.2, 0.25) is 0 Å². The molecule has 0 fully saturated rings. The zero-order valence-corrected chi connectivity index (χ0v) is 9.19. The summed E-state index contributed by atoms with van der Waals surface area (Å²) in [5.74, 6) is -0.703. The summed E-state index contributed by atoms with van der Waals surface area (Å²) in [5, 5.41) is 2.87. The van der Waals surface area contributed by atoms with Crippen molar-refractivity contribution in [2.75, 3.05) is 20.7 Å². The summed E-state index contributed by atoms with van der Waals surface area (Å²) >= 11 is 0. The molecule has 0 aliphatic carbocycles. The van der Waals surface area contributed by atoms with E-state index in [9.17, 15) is 13.2 Å². The molecule has 0 atom stereocenters. The minimum atomic E-state index is -2.67. The summed E-state index contributed by atoms with van der Waals surface area (Å²) in [4.78, 5) is 0. The van der Waals surface area contributed by atoms with Gasteiger partial charge < -0.3 is 10.1 Å². The molecule has 1 rings (SSSR count). The Morgan fingerprint density at radius 3 is 2.56 bits per heavy atom. The van der Waals surface area contributed by atoms with Gasteiger partial charge in [0.05, 0.1) is 7.11 Å². The van der Waals surface area contributed by atoms with Crippen LogP contribution in [0.1, 0.15) is 17.6 Å². The van der Waals surface area contributed by atoms with Crippen LogP contribution in [0.15, 0.2) is 12.1 Å². The molecule has 0 saturated heterocycles. The van der Waals surface area contributed by atoms with Gasteiger partial charge in [-0.15, -0.1) is 0 Å². The predicted octanol–water partition coefficient (Wildman–Crippen LogP) is 2.53. The highest BCUT2D eigenvalue weighted by molar-refractivity contribution is 5.39. The van der Waals surface area contributed by atoms with E-state index in [1.165, 1.54) is 13.2 Å². The second-order valence-corrected chi connectivity index (χ2v) is 3.35. The second kappa shape index (κ2) is 5.75. The number of hydrogen-bond acceptors (Lipinski definition) is 2. The molecule has 0 aliphatic rings. The van der Waals surface area contributed by atoms with Gasteiger partial charge in [0.25, 0.3) is 6.43 Å². The summed E-state index contributed by atoms with van der Waals surface area (Å²) in [6, 6.07) is 2.09. The Kier molecular flexibility index (Phi) is 4.61. The van der Waals surface area contributed by atoms with E-state index in [1.54, 1.807) is 7.05 Å². The highest BCUT2D eigenvalue weighted by Crippen LogP contribution is 2.29. The first-order chi connectivity index (χ1) is 7.60. The van der Waals surface area contributed by atoms with Crippen LogP contribution in [0.3, 0.4) is 0 Å². The van der Waals surface area contributed by atoms with E-state index >= 15 is 0 Å². The maximum atomic E-state index is 13.4. The van der Waals surface area contributed by atoms with Crippen LogP contribution >= 0.6 is 0 Å². The fourth-order valence-electron chi connectivity index (χ4n) is 1.47. The van der Waals surface area contributed by atoms with Crippen molar-refractivity contribution in [2.45, 2.75) is 12.8 Å². The van der Waals surface area contributed by atoms with Gasteiger partial charge in [0.15, 0.2) is 11.6 Å². The molecule has 0 heterocycles. The molecule has 0 bridgehead atoms. The van der Waals surface area contributed by atoms with Crippen LogP contribution in [0, 0.1) is 5.82 Å². The topological polar surface area (TPSA) is 21.3 Å². The van der Waals surface area contributed by atoms with Crippen molar-refractivity contribution in [3.8, 4) is 5.75 Å². The third-order valence-corrected chi connectivity index (χ3v) is 2.24. The fourth-order valence-corrected chi connectivity index (χ4v) is 1.47. The Labute approximate surface area is 92.4 Å². The predicted molar refractivity (Wildman–Crippen MR) is 55.5 cm³/mol. The van der Waals surface area contributed by atoms with Gasteiger partial charge >= 0.3 is 0 Å². The van der Waals surface area contributed by atoms with Crippen molar-refractivity contribution in [2.24, 2.45) is 0 Å². The standard InChI is InChI=1S/C11H14F3NO/c1-15-4-3-7-5-8(11(13)14)6-9(12)10(7)16-2/h5-6,11,15H,3-4H2,1-2H3. The number of nitrogens with one attached hydrogen (secondary N) is 1. The third kappa shape index (κ3) is 2.88. The number of hydrogen-bond donors (Lipinski definition) is 1. The first kappa shape index (κ1) is 12.8. The molecule has 16 heavy (non-hydrogen) atoms. The van der Waals surface area contributed by atoms with Crippen molar-refractivity contribution in [3.63, 3.8) is 0 Å². The molecule has 0 spiro atoms. The maximum Gasteiger partial charge on any atom is 0.263 e. The number of benzene rings is 1. The molecule has 0 amide bonds. The molecular weight excluding hydrogens is 219 g/mol. The SMILES string of the molecule is CNCCc1cc(C(F)F)cc(F)c1OC. The van der Waals surface area contributed by atoms with Crippen molar-refractivity contribution in [3.05, 3.63) is 29.1 Å². The zero-order valence-electron chi connectivity index (χ0n) is 9.19. The summed E-state index contributed by atoms with van der Waals surface area (Å²) in [7, 11) is 3.06. The molecule has 1 aromatic rings. The summed E-state index contributed by atoms with van der Waals surface area (Å²) in [6.45, 7) is 0.572. The van der Waals surface area contributed by atoms with Gasteiger partial charge in [0, 0.05) is 5.56 Å². The van der Waals surface area contributed by atoms with E-state index in [1.807, 2.05) is 0 Å². The molecule has 0 unspecified atom stereocenters. The number of rotatable bonds is 5. The number of methoxy groups -OCH3 is 1. The normalized spacial score (nSPS) is 10.9. The van der Waals surface area contributed by atoms with Crippen LogP contribution < -0.4 is 10.1 Å². The Morgan fingerprint density at radius 1 is 1.38 bits per heavy atom. The lowest BCUT2D eigenvalue weighted by Gasteiger charge is -2.11. The van der Waals surface area contributed by atoms with Crippen molar-refractivity contribution in [1.29, 1.82) is 0 Å². The van der Waals surface area contributed by atoms with E-state index < -0.39 is 12.2 Å². The summed E-state index contributed by atoms with van der Waals surface area (Å²) < 4.78 is 43.2. The number of ether oxygens (including phenoxy) is 1. The Balaban J connectivity index is 3.09. The Morgan fingerprint density at radius 2 is 2.06 bits per heavy atom. The largest absolute Gasteiger partial charge is 0.493 e. The minimum Gasteiger partial charge on any atom is -0.493 e. The lowest BCUT2D eigenvalue weighted by atomic mass is 10.1. The highest BCUT2D eigenvalue weighted by Gasteiger charge is 2.15. The van der Waals surface area contributed by atoms with E-state index in [4.69, 9.17) is 4.74 Å². The lowest BCUT2D eigenvalue weighted by molar-refractivity contribution is 0.150. The molecule has 0 aliphatic heterocycles. The minimum absolute atomic E-state index is 0.0413. The van der Waals surface area contributed by atoms with Gasteiger partial charge in [0.1, 0.15) is 0 Å². The summed E-state index contributed by atoms with van der Waals surface area (Å²) in [6.07, 6.45) is -2.23. The van der Waals surface area contributed by atoms with Crippen LogP contribution in [0.25, 0.3) is 0 Å². The van der Waals surface area contributed by atoms with E-state index in [0.29, 0.717) is 18.5 Å². The van der Waals surface area contributed by atoms with Gasteiger partial charge in [-0.25, -0.2) is 13.2 Å².